The highest BCUT2D eigenvalue weighted by Gasteiger charge is 2.65. The molecule has 5 heteroatoms. The minimum Gasteiger partial charge on any atom is -0.481 e. The first-order valence-corrected chi connectivity index (χ1v) is 7.22. The fourth-order valence-corrected chi connectivity index (χ4v) is 3.22. The first-order chi connectivity index (χ1) is 10.3. The molecule has 2 N–H and O–H groups in total. The molecule has 1 aliphatic carbocycles. The monoisotopic (exact) mass is 298 g/mol. The highest BCUT2D eigenvalue weighted by molar-refractivity contribution is 6.05. The molecular weight excluding hydrogens is 280 g/mol. The number of carbonyl (C=O) groups is 2. The highest BCUT2D eigenvalue weighted by atomic mass is 16.4. The number of nitrogens with one attached hydrogen (secondary N) is 1. The van der Waals surface area contributed by atoms with Gasteiger partial charge in [0.05, 0.1) is 23.0 Å². The van der Waals surface area contributed by atoms with Crippen LogP contribution in [0.25, 0.3) is 10.9 Å². The number of hydrogen-bond donors (Lipinski definition) is 2. The largest absolute Gasteiger partial charge is 0.481 e. The minimum absolute atomic E-state index is 0.244. The normalized spacial score (nSPS) is 22.3. The Bertz CT molecular complexity index is 783. The van der Waals surface area contributed by atoms with Crippen LogP contribution in [0.5, 0.6) is 0 Å². The van der Waals surface area contributed by atoms with Gasteiger partial charge in [-0.15, -0.1) is 0 Å². The molecule has 1 heterocycles. The number of hydrogen-bond acceptors (Lipinski definition) is 3. The number of carboxylic acids is 1. The third kappa shape index (κ3) is 2.13. The number of carbonyl (C=O) groups excluding carboxylic acids is 1. The van der Waals surface area contributed by atoms with Gasteiger partial charge in [0.25, 0.3) is 0 Å². The van der Waals surface area contributed by atoms with Crippen molar-refractivity contribution in [2.45, 2.75) is 20.8 Å². The van der Waals surface area contributed by atoms with Crippen molar-refractivity contribution in [1.29, 1.82) is 0 Å². The topological polar surface area (TPSA) is 79.3 Å². The first kappa shape index (κ1) is 14.5. The lowest BCUT2D eigenvalue weighted by molar-refractivity contribution is -0.140. The maximum Gasteiger partial charge on any atom is 0.307 e. The van der Waals surface area contributed by atoms with Crippen LogP contribution in [-0.4, -0.2) is 22.0 Å². The van der Waals surface area contributed by atoms with E-state index < -0.39 is 23.2 Å². The van der Waals surface area contributed by atoms with Crippen molar-refractivity contribution in [2.75, 3.05) is 5.32 Å². The molecule has 1 aliphatic rings. The number of carboxylic acid groups (broad SMARTS) is 1. The summed E-state index contributed by atoms with van der Waals surface area (Å²) in [7, 11) is 0. The Morgan fingerprint density at radius 3 is 2.59 bits per heavy atom. The van der Waals surface area contributed by atoms with Crippen LogP contribution in [0.3, 0.4) is 0 Å². The van der Waals surface area contributed by atoms with Crippen LogP contribution in [0.1, 0.15) is 19.4 Å². The molecule has 5 nitrogen and oxygen atoms in total. The third-order valence-corrected chi connectivity index (χ3v) is 4.61. The third-order valence-electron chi connectivity index (χ3n) is 4.61. The number of aliphatic carboxylic acids is 1. The zero-order chi connectivity index (χ0) is 16.1. The van der Waals surface area contributed by atoms with Gasteiger partial charge in [0.2, 0.25) is 5.91 Å². The van der Waals surface area contributed by atoms with Gasteiger partial charge in [0, 0.05) is 11.6 Å². The molecule has 1 aromatic carbocycles. The second kappa shape index (κ2) is 4.80. The van der Waals surface area contributed by atoms with Gasteiger partial charge >= 0.3 is 5.97 Å². The van der Waals surface area contributed by atoms with Crippen LogP contribution < -0.4 is 5.32 Å². The van der Waals surface area contributed by atoms with E-state index in [2.05, 4.69) is 10.3 Å². The van der Waals surface area contributed by atoms with Crippen molar-refractivity contribution in [2.24, 2.45) is 17.3 Å². The molecule has 22 heavy (non-hydrogen) atoms. The number of rotatable bonds is 3. The van der Waals surface area contributed by atoms with Gasteiger partial charge < -0.3 is 10.4 Å². The molecule has 114 valence electrons. The lowest BCUT2D eigenvalue weighted by Gasteiger charge is -2.10. The van der Waals surface area contributed by atoms with E-state index in [0.717, 1.165) is 16.5 Å². The average molecular weight is 298 g/mol. The van der Waals surface area contributed by atoms with Crippen molar-refractivity contribution in [3.05, 3.63) is 36.0 Å². The van der Waals surface area contributed by atoms with Crippen LogP contribution >= 0.6 is 0 Å². The van der Waals surface area contributed by atoms with Gasteiger partial charge in [-0.3, -0.25) is 14.6 Å². The van der Waals surface area contributed by atoms with Gasteiger partial charge in [-0.2, -0.15) is 0 Å². The summed E-state index contributed by atoms with van der Waals surface area (Å²) in [5, 5.41) is 12.9. The average Bonchev–Trinajstić information content (AvgIpc) is 3.05. The number of pyridine rings is 1. The Hall–Kier alpha value is -2.43. The summed E-state index contributed by atoms with van der Waals surface area (Å²) in [6, 6.07) is 7.45. The molecule has 0 unspecified atom stereocenters. The Kier molecular flexibility index (Phi) is 3.16. The summed E-state index contributed by atoms with van der Waals surface area (Å²) in [5.41, 5.74) is 2.04. The second-order valence-corrected chi connectivity index (χ2v) is 6.43. The fourth-order valence-electron chi connectivity index (χ4n) is 3.22. The van der Waals surface area contributed by atoms with E-state index in [0.29, 0.717) is 5.69 Å². The summed E-state index contributed by atoms with van der Waals surface area (Å²) in [6.45, 7) is 5.58. The Labute approximate surface area is 128 Å². The lowest BCUT2D eigenvalue weighted by atomic mass is 10.1. The number of aryl methyl sites for hydroxylation is 1. The SMILES string of the molecule is Cc1ccc(NC(=O)[C@@H]2[C@H](C(=O)O)C2(C)C)c2cccnc12. The molecular formula is C17H18N2O3. The molecule has 0 radical (unpaired) electrons. The number of amides is 1. The number of anilines is 1. The number of fused-ring (bicyclic) bond motifs is 1. The van der Waals surface area contributed by atoms with Gasteiger partial charge in [-0.25, -0.2) is 0 Å². The van der Waals surface area contributed by atoms with Gasteiger partial charge in [-0.1, -0.05) is 19.9 Å². The number of nitrogens with zero attached hydrogens (tertiary/aromatic N) is 1. The van der Waals surface area contributed by atoms with Gasteiger partial charge in [0.1, 0.15) is 0 Å². The van der Waals surface area contributed by atoms with E-state index in [9.17, 15) is 14.7 Å². The van der Waals surface area contributed by atoms with Crippen LogP contribution in [0.15, 0.2) is 30.5 Å². The van der Waals surface area contributed by atoms with Crippen molar-refractivity contribution >= 4 is 28.5 Å². The molecule has 0 saturated heterocycles. The summed E-state index contributed by atoms with van der Waals surface area (Å²) in [4.78, 5) is 28.0. The lowest BCUT2D eigenvalue weighted by Crippen LogP contribution is -2.18. The van der Waals surface area contributed by atoms with Crippen LogP contribution in [0.2, 0.25) is 0 Å². The summed E-state index contributed by atoms with van der Waals surface area (Å²) in [6.07, 6.45) is 1.71. The van der Waals surface area contributed by atoms with Crippen LogP contribution in [-0.2, 0) is 9.59 Å². The maximum atomic E-state index is 12.4. The van der Waals surface area contributed by atoms with Crippen molar-refractivity contribution in [3.8, 4) is 0 Å². The minimum atomic E-state index is -0.916. The predicted octanol–water partition coefficient (Wildman–Crippen LogP) is 2.84. The smallest absolute Gasteiger partial charge is 0.307 e. The molecule has 1 saturated carbocycles. The molecule has 1 amide bonds. The Morgan fingerprint density at radius 2 is 1.95 bits per heavy atom. The van der Waals surface area contributed by atoms with E-state index in [1.165, 1.54) is 0 Å². The summed E-state index contributed by atoms with van der Waals surface area (Å²) >= 11 is 0. The van der Waals surface area contributed by atoms with E-state index >= 15 is 0 Å². The van der Waals surface area contributed by atoms with Gasteiger partial charge in [-0.05, 0) is 36.1 Å². The molecule has 2 atom stereocenters. The molecule has 3 rings (SSSR count). The fraction of sp³-hybridized carbons (Fsp3) is 0.353. The molecule has 1 fully saturated rings. The molecule has 0 aliphatic heterocycles. The number of aromatic nitrogens is 1. The molecule has 0 spiro atoms. The van der Waals surface area contributed by atoms with Crippen molar-refractivity contribution < 1.29 is 14.7 Å². The van der Waals surface area contributed by atoms with Crippen molar-refractivity contribution in [1.82, 2.24) is 4.98 Å². The molecule has 0 bridgehead atoms. The van der Waals surface area contributed by atoms with E-state index in [4.69, 9.17) is 0 Å². The summed E-state index contributed by atoms with van der Waals surface area (Å²) < 4.78 is 0. The standard InChI is InChI=1S/C17H18N2O3/c1-9-6-7-11(10-5-4-8-18-14(9)10)19-15(20)12-13(16(21)22)17(12,2)3/h4-8,12-13H,1-3H3,(H,19,20)(H,21,22)/t12-,13+/m0/s1. The second-order valence-electron chi connectivity index (χ2n) is 6.43. The van der Waals surface area contributed by atoms with Crippen LogP contribution in [0, 0.1) is 24.2 Å². The van der Waals surface area contributed by atoms with Gasteiger partial charge in [0.15, 0.2) is 0 Å². The molecule has 2 aromatic rings. The summed E-state index contributed by atoms with van der Waals surface area (Å²) in [5.74, 6) is -2.28. The predicted molar refractivity (Wildman–Crippen MR) is 83.5 cm³/mol. The zero-order valence-corrected chi connectivity index (χ0v) is 12.8. The quantitative estimate of drug-likeness (QED) is 0.913. The Balaban J connectivity index is 1.90. The zero-order valence-electron chi connectivity index (χ0n) is 12.8. The highest BCUT2D eigenvalue weighted by Crippen LogP contribution is 2.58. The van der Waals surface area contributed by atoms with Crippen LogP contribution in [0.4, 0.5) is 5.69 Å². The van der Waals surface area contributed by atoms with E-state index in [1.807, 2.05) is 45.0 Å². The van der Waals surface area contributed by atoms with Crippen molar-refractivity contribution in [3.63, 3.8) is 0 Å². The first-order valence-electron chi connectivity index (χ1n) is 7.22. The maximum absolute atomic E-state index is 12.4. The molecule has 1 aromatic heterocycles. The Morgan fingerprint density at radius 1 is 1.23 bits per heavy atom. The number of benzene rings is 1. The van der Waals surface area contributed by atoms with E-state index in [1.54, 1.807) is 6.20 Å². The van der Waals surface area contributed by atoms with E-state index in [-0.39, 0.29) is 5.91 Å².